The van der Waals surface area contributed by atoms with Crippen LogP contribution in [0.3, 0.4) is 0 Å². The Hall–Kier alpha value is -2.20. The van der Waals surface area contributed by atoms with Gasteiger partial charge in [-0.05, 0) is 31.7 Å². The van der Waals surface area contributed by atoms with Crippen molar-refractivity contribution < 1.29 is 28.2 Å². The standard InChI is InChI=1S/C16H19F3N4O3/c17-16(18,19)12-3-6-20-13-7-11(22-23(12)13)14(26)21-10-1-4-15(8-24,9-25)5-2-10/h3,6-7,10,24-25H,1-2,4-5,8-9H2,(H,21,26). The Balaban J connectivity index is 1.73. The van der Waals surface area contributed by atoms with Crippen LogP contribution in [0.1, 0.15) is 41.9 Å². The molecule has 3 rings (SSSR count). The number of nitrogens with one attached hydrogen (secondary N) is 1. The molecule has 0 radical (unpaired) electrons. The van der Waals surface area contributed by atoms with E-state index in [0.717, 1.165) is 12.3 Å². The van der Waals surface area contributed by atoms with Crippen molar-refractivity contribution in [1.82, 2.24) is 19.9 Å². The van der Waals surface area contributed by atoms with Gasteiger partial charge < -0.3 is 15.5 Å². The molecule has 142 valence electrons. The number of fused-ring (bicyclic) bond motifs is 1. The van der Waals surface area contributed by atoms with Crippen molar-refractivity contribution in [3.8, 4) is 0 Å². The van der Waals surface area contributed by atoms with E-state index in [0.29, 0.717) is 30.2 Å². The van der Waals surface area contributed by atoms with Crippen LogP contribution < -0.4 is 5.32 Å². The van der Waals surface area contributed by atoms with Gasteiger partial charge in [-0.15, -0.1) is 0 Å². The summed E-state index contributed by atoms with van der Waals surface area (Å²) in [7, 11) is 0. The molecule has 2 heterocycles. The van der Waals surface area contributed by atoms with E-state index in [-0.39, 0.29) is 30.6 Å². The van der Waals surface area contributed by atoms with Crippen LogP contribution in [-0.4, -0.2) is 50.0 Å². The molecule has 0 unspecified atom stereocenters. The number of aliphatic hydroxyl groups excluding tert-OH is 2. The van der Waals surface area contributed by atoms with E-state index in [9.17, 15) is 28.2 Å². The third-order valence-corrected chi connectivity index (χ3v) is 4.93. The minimum atomic E-state index is -4.61. The lowest BCUT2D eigenvalue weighted by molar-refractivity contribution is -0.142. The second-order valence-corrected chi connectivity index (χ2v) is 6.69. The van der Waals surface area contributed by atoms with Crippen LogP contribution in [0, 0.1) is 5.41 Å². The lowest BCUT2D eigenvalue weighted by atomic mass is 9.73. The number of aromatic nitrogens is 3. The number of hydrogen-bond donors (Lipinski definition) is 3. The summed E-state index contributed by atoms with van der Waals surface area (Å²) in [5.41, 5.74) is -1.74. The van der Waals surface area contributed by atoms with Crippen molar-refractivity contribution in [1.29, 1.82) is 0 Å². The first kappa shape index (κ1) is 18.6. The molecule has 7 nitrogen and oxygen atoms in total. The fourth-order valence-electron chi connectivity index (χ4n) is 3.22. The molecule has 1 amide bonds. The van der Waals surface area contributed by atoms with Gasteiger partial charge in [0, 0.05) is 23.7 Å². The summed E-state index contributed by atoms with van der Waals surface area (Å²) >= 11 is 0. The molecule has 0 bridgehead atoms. The van der Waals surface area contributed by atoms with Gasteiger partial charge in [-0.25, -0.2) is 9.50 Å². The smallest absolute Gasteiger partial charge is 0.396 e. The number of rotatable bonds is 4. The van der Waals surface area contributed by atoms with Crippen LogP contribution in [0.4, 0.5) is 13.2 Å². The van der Waals surface area contributed by atoms with Crippen LogP contribution in [0.2, 0.25) is 0 Å². The average Bonchev–Trinajstić information content (AvgIpc) is 3.06. The summed E-state index contributed by atoms with van der Waals surface area (Å²) in [5.74, 6) is -0.575. The van der Waals surface area contributed by atoms with Gasteiger partial charge in [0.05, 0.1) is 13.2 Å². The molecule has 0 saturated heterocycles. The Morgan fingerprint density at radius 2 is 1.96 bits per heavy atom. The number of alkyl halides is 3. The van der Waals surface area contributed by atoms with Gasteiger partial charge in [-0.3, -0.25) is 4.79 Å². The molecule has 2 aromatic rings. The molecule has 1 aliphatic rings. The molecule has 1 fully saturated rings. The number of amides is 1. The number of nitrogens with zero attached hydrogens (tertiary/aromatic N) is 3. The highest BCUT2D eigenvalue weighted by molar-refractivity contribution is 5.93. The van der Waals surface area contributed by atoms with Crippen molar-refractivity contribution >= 4 is 11.6 Å². The van der Waals surface area contributed by atoms with Crippen molar-refractivity contribution in [2.75, 3.05) is 13.2 Å². The zero-order valence-corrected chi connectivity index (χ0v) is 13.8. The Labute approximate surface area is 146 Å². The zero-order valence-electron chi connectivity index (χ0n) is 13.8. The lowest BCUT2D eigenvalue weighted by Crippen LogP contribution is -2.43. The summed E-state index contributed by atoms with van der Waals surface area (Å²) in [4.78, 5) is 16.2. The minimum absolute atomic E-state index is 0.0619. The molecular weight excluding hydrogens is 353 g/mol. The Bertz CT molecular complexity index is 792. The van der Waals surface area contributed by atoms with Crippen molar-refractivity contribution in [2.45, 2.75) is 37.9 Å². The zero-order chi connectivity index (χ0) is 18.9. The second kappa shape index (κ2) is 6.84. The van der Waals surface area contributed by atoms with E-state index in [1.165, 1.54) is 6.07 Å². The normalized spacial score (nSPS) is 18.2. The van der Waals surface area contributed by atoms with E-state index in [1.54, 1.807) is 0 Å². The lowest BCUT2D eigenvalue weighted by Gasteiger charge is -2.37. The molecule has 0 aliphatic heterocycles. The second-order valence-electron chi connectivity index (χ2n) is 6.69. The third-order valence-electron chi connectivity index (χ3n) is 4.93. The number of halogens is 3. The summed E-state index contributed by atoms with van der Waals surface area (Å²) in [6, 6.07) is 1.82. The number of carbonyl (C=O) groups excluding carboxylic acids is 1. The number of carbonyl (C=O) groups is 1. The van der Waals surface area contributed by atoms with E-state index in [2.05, 4.69) is 15.4 Å². The molecule has 26 heavy (non-hydrogen) atoms. The van der Waals surface area contributed by atoms with E-state index < -0.39 is 23.2 Å². The van der Waals surface area contributed by atoms with Gasteiger partial charge in [0.1, 0.15) is 5.69 Å². The topological polar surface area (TPSA) is 99.8 Å². The SMILES string of the molecule is O=C(NC1CCC(CO)(CO)CC1)c1cc2nccc(C(F)(F)F)n2n1. The van der Waals surface area contributed by atoms with Gasteiger partial charge in [0.15, 0.2) is 11.3 Å². The van der Waals surface area contributed by atoms with E-state index >= 15 is 0 Å². The summed E-state index contributed by atoms with van der Waals surface area (Å²) in [6.45, 7) is -0.245. The molecular formula is C16H19F3N4O3. The van der Waals surface area contributed by atoms with Crippen LogP contribution in [-0.2, 0) is 6.18 Å². The minimum Gasteiger partial charge on any atom is -0.396 e. The highest BCUT2D eigenvalue weighted by Gasteiger charge is 2.36. The number of hydrogen-bond acceptors (Lipinski definition) is 5. The maximum atomic E-state index is 13.0. The first-order valence-electron chi connectivity index (χ1n) is 8.22. The van der Waals surface area contributed by atoms with Gasteiger partial charge in [0.2, 0.25) is 0 Å². The van der Waals surface area contributed by atoms with E-state index in [4.69, 9.17) is 0 Å². The first-order valence-corrected chi connectivity index (χ1v) is 8.22. The molecule has 10 heteroatoms. The molecule has 2 aromatic heterocycles. The monoisotopic (exact) mass is 372 g/mol. The van der Waals surface area contributed by atoms with Crippen LogP contribution in [0.5, 0.6) is 0 Å². The molecule has 0 aromatic carbocycles. The fourth-order valence-corrected chi connectivity index (χ4v) is 3.22. The summed E-state index contributed by atoms with van der Waals surface area (Å²) < 4.78 is 39.6. The van der Waals surface area contributed by atoms with Gasteiger partial charge in [-0.1, -0.05) is 0 Å². The number of aliphatic hydroxyl groups is 2. The van der Waals surface area contributed by atoms with Gasteiger partial charge in [0.25, 0.3) is 5.91 Å². The van der Waals surface area contributed by atoms with Crippen LogP contribution in [0.15, 0.2) is 18.3 Å². The van der Waals surface area contributed by atoms with Gasteiger partial charge in [-0.2, -0.15) is 18.3 Å². The molecule has 1 aliphatic carbocycles. The summed E-state index contributed by atoms with van der Waals surface area (Å²) in [6.07, 6.45) is -1.36. The van der Waals surface area contributed by atoms with E-state index in [1.807, 2.05) is 0 Å². The Kier molecular flexibility index (Phi) is 4.89. The third kappa shape index (κ3) is 3.51. The molecule has 0 atom stereocenters. The Morgan fingerprint density at radius 1 is 1.31 bits per heavy atom. The maximum Gasteiger partial charge on any atom is 0.433 e. The fraction of sp³-hybridized carbons (Fsp3) is 0.562. The van der Waals surface area contributed by atoms with Crippen LogP contribution >= 0.6 is 0 Å². The van der Waals surface area contributed by atoms with Crippen molar-refractivity contribution in [2.24, 2.45) is 5.41 Å². The molecule has 3 N–H and O–H groups in total. The Morgan fingerprint density at radius 3 is 2.54 bits per heavy atom. The highest BCUT2D eigenvalue weighted by atomic mass is 19.4. The largest absolute Gasteiger partial charge is 0.433 e. The quantitative estimate of drug-likeness (QED) is 0.753. The molecule has 1 saturated carbocycles. The summed E-state index contributed by atoms with van der Waals surface area (Å²) in [5, 5.41) is 25.3. The van der Waals surface area contributed by atoms with Crippen LogP contribution in [0.25, 0.3) is 5.65 Å². The predicted molar refractivity (Wildman–Crippen MR) is 84.3 cm³/mol. The average molecular weight is 372 g/mol. The first-order chi connectivity index (χ1) is 12.3. The van der Waals surface area contributed by atoms with Crippen molar-refractivity contribution in [3.05, 3.63) is 29.7 Å². The highest BCUT2D eigenvalue weighted by Crippen LogP contribution is 2.35. The predicted octanol–water partition coefficient (Wildman–Crippen LogP) is 1.39. The van der Waals surface area contributed by atoms with Crippen molar-refractivity contribution in [3.63, 3.8) is 0 Å². The molecule has 0 spiro atoms. The maximum absolute atomic E-state index is 13.0. The van der Waals surface area contributed by atoms with Gasteiger partial charge >= 0.3 is 6.18 Å².